The van der Waals surface area contributed by atoms with Crippen LogP contribution in [0.5, 0.6) is 0 Å². The smallest absolute Gasteiger partial charge is 0.241 e. The maximum Gasteiger partial charge on any atom is 0.241 e. The van der Waals surface area contributed by atoms with Crippen LogP contribution in [0.15, 0.2) is 24.0 Å². The third-order valence-electron chi connectivity index (χ3n) is 2.54. The van der Waals surface area contributed by atoms with E-state index in [4.69, 9.17) is 4.43 Å². The molecule has 0 unspecified atom stereocenters. The molecule has 0 N–H and O–H groups in total. The molecule has 0 saturated heterocycles. The molecule has 2 heteroatoms. The van der Waals surface area contributed by atoms with Gasteiger partial charge in [-0.05, 0) is 45.8 Å². The highest BCUT2D eigenvalue weighted by Gasteiger charge is 2.16. The van der Waals surface area contributed by atoms with Gasteiger partial charge in [0.2, 0.25) is 8.32 Å². The summed E-state index contributed by atoms with van der Waals surface area (Å²) in [5.74, 6) is 0.960. The Morgan fingerprint density at radius 1 is 1.18 bits per heavy atom. The van der Waals surface area contributed by atoms with Gasteiger partial charge in [0.05, 0.1) is 5.76 Å². The van der Waals surface area contributed by atoms with E-state index in [-0.39, 0.29) is 0 Å². The molecule has 0 amide bonds. The second-order valence-corrected chi connectivity index (χ2v) is 10.2. The quantitative estimate of drug-likeness (QED) is 0.223. The van der Waals surface area contributed by atoms with E-state index in [2.05, 4.69) is 46.1 Å². The zero-order valence-electron chi connectivity index (χ0n) is 12.4. The molecule has 0 aliphatic rings. The maximum absolute atomic E-state index is 5.83. The van der Waals surface area contributed by atoms with Crippen LogP contribution in [-0.2, 0) is 4.43 Å². The second-order valence-electron chi connectivity index (χ2n) is 5.80. The molecule has 0 radical (unpaired) electrons. The Morgan fingerprint density at radius 2 is 1.82 bits per heavy atom. The molecule has 0 spiro atoms. The zero-order valence-corrected chi connectivity index (χ0v) is 13.4. The van der Waals surface area contributed by atoms with Gasteiger partial charge in [0.25, 0.3) is 0 Å². The Bertz CT molecular complexity index is 248. The van der Waals surface area contributed by atoms with Crippen molar-refractivity contribution in [1.29, 1.82) is 0 Å². The van der Waals surface area contributed by atoms with E-state index in [1.54, 1.807) is 0 Å². The first-order valence-electron chi connectivity index (χ1n) is 6.87. The normalized spacial score (nSPS) is 12.6. The van der Waals surface area contributed by atoms with Gasteiger partial charge in [0.15, 0.2) is 0 Å². The molecule has 0 aliphatic heterocycles. The second kappa shape index (κ2) is 8.57. The summed E-state index contributed by atoms with van der Waals surface area (Å²) in [4.78, 5) is 0. The molecule has 0 atom stereocenters. The molecule has 0 saturated carbocycles. The minimum absolute atomic E-state index is 0.960. The zero-order chi connectivity index (χ0) is 13.3. The molecular weight excluding hydrogens is 224 g/mol. The Hall–Kier alpha value is -0.503. The summed E-state index contributed by atoms with van der Waals surface area (Å²) in [6.45, 7) is 15.1. The number of rotatable bonds is 9. The van der Waals surface area contributed by atoms with Gasteiger partial charge in [-0.15, -0.1) is 0 Å². The summed E-state index contributed by atoms with van der Waals surface area (Å²) in [5, 5.41) is 0. The summed E-state index contributed by atoms with van der Waals surface area (Å²) < 4.78 is 5.83. The Morgan fingerprint density at radius 3 is 2.35 bits per heavy atom. The molecule has 1 nitrogen and oxygen atoms in total. The van der Waals surface area contributed by atoms with Crippen LogP contribution in [0.2, 0.25) is 19.6 Å². The summed E-state index contributed by atoms with van der Waals surface area (Å²) in [6, 6.07) is 0. The van der Waals surface area contributed by atoms with Gasteiger partial charge in [-0.3, -0.25) is 0 Å². The highest BCUT2D eigenvalue weighted by Crippen LogP contribution is 2.15. The van der Waals surface area contributed by atoms with E-state index in [1.165, 1.54) is 31.3 Å². The Labute approximate surface area is 109 Å². The fraction of sp³-hybridized carbons (Fsp3) is 0.733. The van der Waals surface area contributed by atoms with Crippen LogP contribution in [0.4, 0.5) is 0 Å². The molecule has 0 aromatic carbocycles. The van der Waals surface area contributed by atoms with E-state index in [1.807, 2.05) is 0 Å². The standard InChI is InChI=1S/C15H30OSi/c1-7-8-9-11-14(2)12-10-13-15(3)16-17(4,5)6/h12H,3,7-11,13H2,1-2,4-6H3. The summed E-state index contributed by atoms with van der Waals surface area (Å²) in [7, 11) is -1.44. The van der Waals surface area contributed by atoms with Crippen molar-refractivity contribution < 1.29 is 4.43 Å². The van der Waals surface area contributed by atoms with Crippen LogP contribution in [0.3, 0.4) is 0 Å². The van der Waals surface area contributed by atoms with Crippen LogP contribution in [0.1, 0.15) is 52.4 Å². The number of unbranched alkanes of at least 4 members (excludes halogenated alkanes) is 2. The van der Waals surface area contributed by atoms with E-state index >= 15 is 0 Å². The SMILES string of the molecule is C=C(CCC=C(C)CCCCC)O[Si](C)(C)C. The van der Waals surface area contributed by atoms with Gasteiger partial charge in [-0.2, -0.15) is 0 Å². The molecular formula is C15H30OSi. The maximum atomic E-state index is 5.83. The van der Waals surface area contributed by atoms with Crippen molar-refractivity contribution in [1.82, 2.24) is 0 Å². The first-order valence-corrected chi connectivity index (χ1v) is 10.3. The monoisotopic (exact) mass is 254 g/mol. The van der Waals surface area contributed by atoms with Gasteiger partial charge >= 0.3 is 0 Å². The minimum Gasteiger partial charge on any atom is -0.548 e. The van der Waals surface area contributed by atoms with Crippen molar-refractivity contribution >= 4 is 8.32 Å². The van der Waals surface area contributed by atoms with E-state index in [0.29, 0.717) is 0 Å². The lowest BCUT2D eigenvalue weighted by atomic mass is 10.1. The van der Waals surface area contributed by atoms with E-state index in [9.17, 15) is 0 Å². The molecule has 0 aromatic heterocycles. The summed E-state index contributed by atoms with van der Waals surface area (Å²) in [5.41, 5.74) is 1.51. The number of hydrogen-bond donors (Lipinski definition) is 0. The van der Waals surface area contributed by atoms with Crippen LogP contribution < -0.4 is 0 Å². The molecule has 0 aromatic rings. The largest absolute Gasteiger partial charge is 0.548 e. The highest BCUT2D eigenvalue weighted by atomic mass is 28.4. The Balaban J connectivity index is 3.74. The fourth-order valence-corrected chi connectivity index (χ4v) is 2.69. The Kier molecular flexibility index (Phi) is 8.31. The van der Waals surface area contributed by atoms with Gasteiger partial charge in [0.1, 0.15) is 0 Å². The predicted octanol–water partition coefficient (Wildman–Crippen LogP) is 5.66. The molecule has 0 heterocycles. The third kappa shape index (κ3) is 11.8. The van der Waals surface area contributed by atoms with Gasteiger partial charge < -0.3 is 4.43 Å². The minimum atomic E-state index is -1.44. The van der Waals surface area contributed by atoms with Crippen LogP contribution in [-0.4, -0.2) is 8.32 Å². The van der Waals surface area contributed by atoms with Crippen molar-refractivity contribution in [3.05, 3.63) is 24.0 Å². The molecule has 17 heavy (non-hydrogen) atoms. The number of hydrogen-bond acceptors (Lipinski definition) is 1. The fourth-order valence-electron chi connectivity index (χ4n) is 1.72. The van der Waals surface area contributed by atoms with E-state index < -0.39 is 8.32 Å². The van der Waals surface area contributed by atoms with Crippen molar-refractivity contribution in [3.63, 3.8) is 0 Å². The molecule has 0 rings (SSSR count). The van der Waals surface area contributed by atoms with Crippen LogP contribution >= 0.6 is 0 Å². The first kappa shape index (κ1) is 16.5. The van der Waals surface area contributed by atoms with Crippen molar-refractivity contribution in [2.75, 3.05) is 0 Å². The average Bonchev–Trinajstić information content (AvgIpc) is 2.15. The third-order valence-corrected chi connectivity index (χ3v) is 3.44. The van der Waals surface area contributed by atoms with Gasteiger partial charge in [0, 0.05) is 6.42 Å². The average molecular weight is 254 g/mol. The summed E-state index contributed by atoms with van der Waals surface area (Å²) >= 11 is 0. The lowest BCUT2D eigenvalue weighted by molar-refractivity contribution is 0.403. The van der Waals surface area contributed by atoms with Crippen LogP contribution in [0, 0.1) is 0 Å². The highest BCUT2D eigenvalue weighted by molar-refractivity contribution is 6.70. The molecule has 0 bridgehead atoms. The van der Waals surface area contributed by atoms with Crippen molar-refractivity contribution in [2.24, 2.45) is 0 Å². The number of allylic oxidation sites excluding steroid dienone is 3. The van der Waals surface area contributed by atoms with Gasteiger partial charge in [-0.25, -0.2) is 0 Å². The van der Waals surface area contributed by atoms with E-state index in [0.717, 1.165) is 18.6 Å². The summed E-state index contributed by atoms with van der Waals surface area (Å²) in [6.07, 6.45) is 9.59. The van der Waals surface area contributed by atoms with Crippen molar-refractivity contribution in [3.8, 4) is 0 Å². The topological polar surface area (TPSA) is 9.23 Å². The lowest BCUT2D eigenvalue weighted by Gasteiger charge is -2.20. The predicted molar refractivity (Wildman–Crippen MR) is 80.7 cm³/mol. The molecule has 0 aliphatic carbocycles. The molecule has 100 valence electrons. The molecule has 0 fully saturated rings. The van der Waals surface area contributed by atoms with Crippen molar-refractivity contribution in [2.45, 2.75) is 72.0 Å². The first-order chi connectivity index (χ1) is 7.85. The van der Waals surface area contributed by atoms with Gasteiger partial charge in [-0.1, -0.05) is 38.0 Å². The lowest BCUT2D eigenvalue weighted by Crippen LogP contribution is -2.24. The van der Waals surface area contributed by atoms with Crippen LogP contribution in [0.25, 0.3) is 0 Å².